The van der Waals surface area contributed by atoms with Gasteiger partial charge in [0.25, 0.3) is 5.69 Å². The molecule has 1 heterocycles. The Balaban J connectivity index is 2.16. The molecule has 104 valence electrons. The van der Waals surface area contributed by atoms with Crippen molar-refractivity contribution in [3.8, 4) is 5.75 Å². The first-order valence-corrected chi connectivity index (χ1v) is 5.86. The molecular formula is C13H14N4O3. The van der Waals surface area contributed by atoms with E-state index in [1.807, 2.05) is 6.20 Å². The van der Waals surface area contributed by atoms with Gasteiger partial charge in [0, 0.05) is 36.6 Å². The summed E-state index contributed by atoms with van der Waals surface area (Å²) in [6.45, 7) is 4.08. The Hall–Kier alpha value is -2.83. The van der Waals surface area contributed by atoms with Crippen LogP contribution in [0.4, 0.5) is 11.4 Å². The van der Waals surface area contributed by atoms with E-state index in [-0.39, 0.29) is 5.69 Å². The molecule has 0 atom stereocenters. The van der Waals surface area contributed by atoms with Crippen LogP contribution in [0.1, 0.15) is 5.56 Å². The highest BCUT2D eigenvalue weighted by molar-refractivity contribution is 5.61. The molecule has 7 heteroatoms. The zero-order valence-electron chi connectivity index (χ0n) is 10.9. The van der Waals surface area contributed by atoms with E-state index in [0.717, 1.165) is 5.56 Å². The normalized spacial score (nSPS) is 10.1. The van der Waals surface area contributed by atoms with Crippen molar-refractivity contribution in [3.05, 3.63) is 52.8 Å². The molecule has 0 unspecified atom stereocenters. The number of benzene rings is 1. The lowest BCUT2D eigenvalue weighted by Crippen LogP contribution is -2.01. The van der Waals surface area contributed by atoms with Crippen LogP contribution in [-0.4, -0.2) is 21.8 Å². The van der Waals surface area contributed by atoms with Gasteiger partial charge in [-0.15, -0.1) is 0 Å². The number of rotatable bonds is 6. The number of non-ortho nitro benzene ring substituents is 1. The van der Waals surface area contributed by atoms with E-state index in [1.54, 1.807) is 23.1 Å². The fraction of sp³-hybridized carbons (Fsp3) is 0.154. The number of nitrogens with zero attached hydrogens (tertiary/aromatic N) is 3. The second-order valence-corrected chi connectivity index (χ2v) is 4.01. The molecule has 0 fully saturated rings. The molecule has 7 nitrogen and oxygen atoms in total. The molecule has 0 amide bonds. The number of nitro benzene ring substituents is 1. The van der Waals surface area contributed by atoms with Gasteiger partial charge >= 0.3 is 0 Å². The minimum atomic E-state index is -0.444. The van der Waals surface area contributed by atoms with E-state index in [0.29, 0.717) is 18.0 Å². The summed E-state index contributed by atoms with van der Waals surface area (Å²) in [5.74, 6) is 0.548. The SMILES string of the molecule is C=Cn1cc(CNc2cc([N+](=O)[O-])ccc2OC)cn1. The van der Waals surface area contributed by atoms with E-state index in [4.69, 9.17) is 4.74 Å². The Kier molecular flexibility index (Phi) is 3.99. The smallest absolute Gasteiger partial charge is 0.271 e. The van der Waals surface area contributed by atoms with Crippen LogP contribution in [0.25, 0.3) is 6.20 Å². The van der Waals surface area contributed by atoms with Gasteiger partial charge in [0.15, 0.2) is 0 Å². The van der Waals surface area contributed by atoms with Crippen LogP contribution in [0.3, 0.4) is 0 Å². The van der Waals surface area contributed by atoms with Gasteiger partial charge in [0.1, 0.15) is 5.75 Å². The lowest BCUT2D eigenvalue weighted by atomic mass is 10.2. The van der Waals surface area contributed by atoms with E-state index in [1.165, 1.54) is 19.2 Å². The average molecular weight is 274 g/mol. The van der Waals surface area contributed by atoms with Crippen molar-refractivity contribution in [2.24, 2.45) is 0 Å². The first kappa shape index (κ1) is 13.6. The van der Waals surface area contributed by atoms with Crippen LogP contribution in [0, 0.1) is 10.1 Å². The average Bonchev–Trinajstić information content (AvgIpc) is 2.92. The quantitative estimate of drug-likeness (QED) is 0.646. The van der Waals surface area contributed by atoms with E-state index in [9.17, 15) is 10.1 Å². The third kappa shape index (κ3) is 2.94. The maximum Gasteiger partial charge on any atom is 0.271 e. The molecule has 0 aliphatic heterocycles. The van der Waals surface area contributed by atoms with Gasteiger partial charge in [0.05, 0.1) is 23.9 Å². The number of nitrogens with one attached hydrogen (secondary N) is 1. The Morgan fingerprint density at radius 1 is 1.60 bits per heavy atom. The highest BCUT2D eigenvalue weighted by Crippen LogP contribution is 2.29. The summed E-state index contributed by atoms with van der Waals surface area (Å²) in [4.78, 5) is 10.3. The van der Waals surface area contributed by atoms with Crippen LogP contribution in [0.5, 0.6) is 5.75 Å². The topological polar surface area (TPSA) is 82.2 Å². The fourth-order valence-corrected chi connectivity index (χ4v) is 1.71. The van der Waals surface area contributed by atoms with Gasteiger partial charge < -0.3 is 10.1 Å². The van der Waals surface area contributed by atoms with Crippen LogP contribution < -0.4 is 10.1 Å². The van der Waals surface area contributed by atoms with Crippen LogP contribution in [0.2, 0.25) is 0 Å². The second-order valence-electron chi connectivity index (χ2n) is 4.01. The van der Waals surface area contributed by atoms with Crippen molar-refractivity contribution in [2.75, 3.05) is 12.4 Å². The van der Waals surface area contributed by atoms with Gasteiger partial charge in [-0.1, -0.05) is 6.58 Å². The largest absolute Gasteiger partial charge is 0.495 e. The van der Waals surface area contributed by atoms with Crippen LogP contribution in [-0.2, 0) is 6.54 Å². The number of ether oxygens (including phenoxy) is 1. The first-order chi connectivity index (χ1) is 9.63. The lowest BCUT2D eigenvalue weighted by molar-refractivity contribution is -0.384. The molecule has 0 aliphatic carbocycles. The van der Waals surface area contributed by atoms with E-state index >= 15 is 0 Å². The molecule has 0 bridgehead atoms. The molecular weight excluding hydrogens is 260 g/mol. The number of aromatic nitrogens is 2. The Bertz CT molecular complexity index is 636. The summed E-state index contributed by atoms with van der Waals surface area (Å²) in [7, 11) is 1.52. The Morgan fingerprint density at radius 2 is 2.40 bits per heavy atom. The number of hydrogen-bond donors (Lipinski definition) is 1. The molecule has 2 aromatic rings. The summed E-state index contributed by atoms with van der Waals surface area (Å²) < 4.78 is 6.76. The van der Waals surface area contributed by atoms with Crippen molar-refractivity contribution in [1.29, 1.82) is 0 Å². The van der Waals surface area contributed by atoms with Gasteiger partial charge in [-0.05, 0) is 6.07 Å². The van der Waals surface area contributed by atoms with Gasteiger partial charge in [-0.2, -0.15) is 5.10 Å². The Morgan fingerprint density at radius 3 is 3.00 bits per heavy atom. The van der Waals surface area contributed by atoms with Crippen molar-refractivity contribution in [3.63, 3.8) is 0 Å². The summed E-state index contributed by atoms with van der Waals surface area (Å²) in [5.41, 5.74) is 1.50. The summed E-state index contributed by atoms with van der Waals surface area (Å²) in [5, 5.41) is 17.9. The second kappa shape index (κ2) is 5.87. The lowest BCUT2D eigenvalue weighted by Gasteiger charge is -2.09. The van der Waals surface area contributed by atoms with Crippen molar-refractivity contribution < 1.29 is 9.66 Å². The standard InChI is InChI=1S/C13H14N4O3/c1-3-16-9-10(8-15-16)7-14-12-6-11(17(18)19)4-5-13(12)20-2/h3-6,8-9,14H,1,7H2,2H3. The van der Waals surface area contributed by atoms with Gasteiger partial charge in [-0.3, -0.25) is 10.1 Å². The zero-order valence-corrected chi connectivity index (χ0v) is 10.9. The minimum Gasteiger partial charge on any atom is -0.495 e. The van der Waals surface area contributed by atoms with E-state index in [2.05, 4.69) is 17.0 Å². The summed E-state index contributed by atoms with van der Waals surface area (Å²) >= 11 is 0. The highest BCUT2D eigenvalue weighted by Gasteiger charge is 2.11. The predicted octanol–water partition coefficient (Wildman–Crippen LogP) is 2.51. The fourth-order valence-electron chi connectivity index (χ4n) is 1.71. The third-order valence-corrected chi connectivity index (χ3v) is 2.72. The molecule has 1 aromatic carbocycles. The molecule has 0 aliphatic rings. The van der Waals surface area contributed by atoms with Crippen molar-refractivity contribution in [1.82, 2.24) is 9.78 Å². The molecule has 1 N–H and O–H groups in total. The molecule has 0 saturated heterocycles. The number of nitro groups is 1. The van der Waals surface area contributed by atoms with E-state index < -0.39 is 4.92 Å². The van der Waals surface area contributed by atoms with Gasteiger partial charge in [-0.25, -0.2) is 4.68 Å². The number of anilines is 1. The molecule has 0 spiro atoms. The van der Waals surface area contributed by atoms with Crippen molar-refractivity contribution in [2.45, 2.75) is 6.54 Å². The predicted molar refractivity (Wildman–Crippen MR) is 75.6 cm³/mol. The highest BCUT2D eigenvalue weighted by atomic mass is 16.6. The van der Waals surface area contributed by atoms with Gasteiger partial charge in [0.2, 0.25) is 0 Å². The number of methoxy groups -OCH3 is 1. The maximum atomic E-state index is 10.8. The van der Waals surface area contributed by atoms with Crippen LogP contribution in [0.15, 0.2) is 37.2 Å². The minimum absolute atomic E-state index is 0.00934. The summed E-state index contributed by atoms with van der Waals surface area (Å²) in [6.07, 6.45) is 5.08. The number of hydrogen-bond acceptors (Lipinski definition) is 5. The maximum absolute atomic E-state index is 10.8. The zero-order chi connectivity index (χ0) is 14.5. The molecule has 1 aromatic heterocycles. The molecule has 2 rings (SSSR count). The Labute approximate surface area is 115 Å². The van der Waals surface area contributed by atoms with Crippen LogP contribution >= 0.6 is 0 Å². The molecule has 20 heavy (non-hydrogen) atoms. The molecule has 0 radical (unpaired) electrons. The molecule has 0 saturated carbocycles. The monoisotopic (exact) mass is 274 g/mol. The first-order valence-electron chi connectivity index (χ1n) is 5.86. The van der Waals surface area contributed by atoms with Crippen molar-refractivity contribution >= 4 is 17.6 Å². The third-order valence-electron chi connectivity index (χ3n) is 2.72. The summed E-state index contributed by atoms with van der Waals surface area (Å²) in [6, 6.07) is 4.41.